The van der Waals surface area contributed by atoms with Crippen LogP contribution in [0.3, 0.4) is 0 Å². The molecule has 0 aliphatic carbocycles. The molecule has 0 fully saturated rings. The lowest BCUT2D eigenvalue weighted by Gasteiger charge is -2.10. The van der Waals surface area contributed by atoms with Crippen LogP contribution in [0.25, 0.3) is 0 Å². The fraction of sp³-hybridized carbons (Fsp3) is 0. The van der Waals surface area contributed by atoms with Crippen molar-refractivity contribution in [3.05, 3.63) is 62.7 Å². The second-order valence-electron chi connectivity index (χ2n) is 3.66. The third kappa shape index (κ3) is 3.66. The molecule has 0 saturated heterocycles. The Hall–Kier alpha value is -1.15. The van der Waals surface area contributed by atoms with Crippen LogP contribution in [0.1, 0.15) is 5.56 Å². The Labute approximate surface area is 130 Å². The van der Waals surface area contributed by atoms with Crippen molar-refractivity contribution in [3.8, 4) is 0 Å². The van der Waals surface area contributed by atoms with E-state index in [1.807, 2.05) is 42.5 Å². The second kappa shape index (κ2) is 6.85. The molecule has 4 N–H and O–H groups in total. The van der Waals surface area contributed by atoms with Gasteiger partial charge in [0.15, 0.2) is 0 Å². The topological polar surface area (TPSA) is 62.4 Å². The fourth-order valence-electron chi connectivity index (χ4n) is 1.54. The number of rotatable bonds is 3. The van der Waals surface area contributed by atoms with Gasteiger partial charge in [0.2, 0.25) is 0 Å². The molecule has 2 rings (SSSR count). The molecule has 0 aromatic heterocycles. The van der Waals surface area contributed by atoms with Crippen LogP contribution in [-0.4, -0.2) is 5.84 Å². The summed E-state index contributed by atoms with van der Waals surface area (Å²) in [6.45, 7) is 0. The van der Waals surface area contributed by atoms with Crippen molar-refractivity contribution in [1.29, 1.82) is 0 Å². The quantitative estimate of drug-likeness (QED) is 0.250. The monoisotopic (exact) mass is 386 g/mol. The number of para-hydroxylation sites is 1. The summed E-state index contributed by atoms with van der Waals surface area (Å²) in [6.07, 6.45) is 0. The highest BCUT2D eigenvalue weighted by Crippen LogP contribution is 2.25. The van der Waals surface area contributed by atoms with E-state index in [4.69, 9.17) is 17.4 Å². The number of hydrogen-bond donors (Lipinski definition) is 3. The predicted molar refractivity (Wildman–Crippen MR) is 87.3 cm³/mol. The molecule has 2 aromatic rings. The number of nitrogens with two attached hydrogens (primary N) is 1. The van der Waals surface area contributed by atoms with Crippen LogP contribution in [0.5, 0.6) is 0 Å². The number of aliphatic imine (C=N–C) groups is 1. The Morgan fingerprint density at radius 3 is 2.47 bits per heavy atom. The maximum Gasteiger partial charge on any atom is 0.150 e. The first-order valence-electron chi connectivity index (χ1n) is 5.52. The summed E-state index contributed by atoms with van der Waals surface area (Å²) in [7, 11) is 0. The van der Waals surface area contributed by atoms with Gasteiger partial charge in [0, 0.05) is 9.13 Å². The van der Waals surface area contributed by atoms with Crippen LogP contribution < -0.4 is 16.8 Å². The lowest BCUT2D eigenvalue weighted by Crippen LogP contribution is -2.42. The average molecular weight is 387 g/mol. The zero-order valence-corrected chi connectivity index (χ0v) is 12.8. The largest absolute Gasteiger partial charge is 0.292 e. The van der Waals surface area contributed by atoms with Crippen LogP contribution >= 0.6 is 34.2 Å². The van der Waals surface area contributed by atoms with E-state index < -0.39 is 0 Å². The molecule has 0 heterocycles. The number of hydrazine groups is 2. The van der Waals surface area contributed by atoms with Crippen molar-refractivity contribution >= 4 is 45.7 Å². The van der Waals surface area contributed by atoms with Gasteiger partial charge in [-0.2, -0.15) is 5.53 Å². The smallest absolute Gasteiger partial charge is 0.150 e. The second-order valence-corrected chi connectivity index (χ2v) is 5.23. The lowest BCUT2D eigenvalue weighted by atomic mass is 10.2. The van der Waals surface area contributed by atoms with Crippen LogP contribution in [-0.2, 0) is 0 Å². The van der Waals surface area contributed by atoms with Gasteiger partial charge < -0.3 is 0 Å². The normalized spacial score (nSPS) is 11.4. The molecule has 0 atom stereocenters. The molecule has 19 heavy (non-hydrogen) atoms. The van der Waals surface area contributed by atoms with Gasteiger partial charge in [0.05, 0.1) is 10.7 Å². The van der Waals surface area contributed by atoms with E-state index in [1.54, 1.807) is 6.07 Å². The third-order valence-electron chi connectivity index (χ3n) is 2.40. The molecule has 0 aliphatic rings. The molecule has 4 nitrogen and oxygen atoms in total. The summed E-state index contributed by atoms with van der Waals surface area (Å²) in [6, 6.07) is 15.3. The van der Waals surface area contributed by atoms with Crippen LogP contribution in [0.15, 0.2) is 53.5 Å². The van der Waals surface area contributed by atoms with Gasteiger partial charge in [0.1, 0.15) is 5.84 Å². The Kier molecular flexibility index (Phi) is 5.15. The van der Waals surface area contributed by atoms with Crippen molar-refractivity contribution in [2.24, 2.45) is 10.8 Å². The standard InChI is InChI=1S/C13H12ClIN4/c14-10-6-2-4-8-12(10)17-13(18-19-16)9-5-1-3-7-11(9)15/h1-8,19H,16H2,(H,17,18). The first-order valence-corrected chi connectivity index (χ1v) is 6.98. The van der Waals surface area contributed by atoms with Crippen LogP contribution in [0, 0.1) is 3.57 Å². The van der Waals surface area contributed by atoms with Gasteiger partial charge in [-0.15, -0.1) is 0 Å². The number of halogens is 2. The number of hydrogen-bond acceptors (Lipinski definition) is 3. The minimum absolute atomic E-state index is 0.588. The molecular weight excluding hydrogens is 375 g/mol. The van der Waals surface area contributed by atoms with Crippen molar-refractivity contribution in [1.82, 2.24) is 11.0 Å². The highest BCUT2D eigenvalue weighted by molar-refractivity contribution is 14.1. The predicted octanol–water partition coefficient (Wildman–Crippen LogP) is 2.99. The molecule has 6 heteroatoms. The van der Waals surface area contributed by atoms with Crippen molar-refractivity contribution in [2.75, 3.05) is 0 Å². The van der Waals surface area contributed by atoms with Crippen molar-refractivity contribution in [3.63, 3.8) is 0 Å². The molecule has 98 valence electrons. The average Bonchev–Trinajstić information content (AvgIpc) is 2.41. The minimum Gasteiger partial charge on any atom is -0.292 e. The fourth-order valence-corrected chi connectivity index (χ4v) is 2.36. The van der Waals surface area contributed by atoms with Gasteiger partial charge >= 0.3 is 0 Å². The Morgan fingerprint density at radius 2 is 1.79 bits per heavy atom. The van der Waals surface area contributed by atoms with Crippen LogP contribution in [0.2, 0.25) is 5.02 Å². The Bertz CT molecular complexity index is 601. The molecule has 0 bridgehead atoms. The summed E-state index contributed by atoms with van der Waals surface area (Å²) in [4.78, 5) is 4.51. The van der Waals surface area contributed by atoms with Gasteiger partial charge in [0.25, 0.3) is 0 Å². The van der Waals surface area contributed by atoms with Crippen LogP contribution in [0.4, 0.5) is 5.69 Å². The molecular formula is C13H12ClIN4. The highest BCUT2D eigenvalue weighted by Gasteiger charge is 2.08. The number of nitrogens with one attached hydrogen (secondary N) is 2. The summed E-state index contributed by atoms with van der Waals surface area (Å²) in [5, 5.41) is 0.588. The molecule has 0 aliphatic heterocycles. The van der Waals surface area contributed by atoms with Crippen molar-refractivity contribution < 1.29 is 0 Å². The van der Waals surface area contributed by atoms with E-state index in [1.165, 1.54) is 0 Å². The zero-order chi connectivity index (χ0) is 13.7. The number of nitrogens with zero attached hydrogens (tertiary/aromatic N) is 1. The Morgan fingerprint density at radius 1 is 1.11 bits per heavy atom. The molecule has 0 saturated carbocycles. The molecule has 0 spiro atoms. The lowest BCUT2D eigenvalue weighted by molar-refractivity contribution is 0.696. The zero-order valence-electron chi connectivity index (χ0n) is 9.90. The first-order chi connectivity index (χ1) is 9.22. The van der Waals surface area contributed by atoms with E-state index >= 15 is 0 Å². The molecule has 0 radical (unpaired) electrons. The SMILES string of the molecule is NNNC(=Nc1ccccc1Cl)c1ccccc1I. The summed E-state index contributed by atoms with van der Waals surface area (Å²) in [5.41, 5.74) is 6.86. The number of amidine groups is 1. The van der Waals surface area contributed by atoms with E-state index in [2.05, 4.69) is 38.5 Å². The first kappa shape index (κ1) is 14.3. The maximum atomic E-state index is 6.11. The summed E-state index contributed by atoms with van der Waals surface area (Å²) in [5.74, 6) is 5.94. The van der Waals surface area contributed by atoms with Gasteiger partial charge in [-0.3, -0.25) is 11.3 Å². The Balaban J connectivity index is 2.47. The molecule has 0 amide bonds. The van der Waals surface area contributed by atoms with E-state index in [-0.39, 0.29) is 0 Å². The van der Waals surface area contributed by atoms with Gasteiger partial charge in [-0.1, -0.05) is 41.9 Å². The van der Waals surface area contributed by atoms with Crippen molar-refractivity contribution in [2.45, 2.75) is 0 Å². The van der Waals surface area contributed by atoms with E-state index in [0.29, 0.717) is 16.5 Å². The number of benzene rings is 2. The summed E-state index contributed by atoms with van der Waals surface area (Å²) >= 11 is 8.35. The molecule has 2 aromatic carbocycles. The maximum absolute atomic E-state index is 6.11. The van der Waals surface area contributed by atoms with E-state index in [9.17, 15) is 0 Å². The van der Waals surface area contributed by atoms with Gasteiger partial charge in [-0.05, 0) is 40.8 Å². The molecule has 0 unspecified atom stereocenters. The van der Waals surface area contributed by atoms with E-state index in [0.717, 1.165) is 9.13 Å². The third-order valence-corrected chi connectivity index (χ3v) is 3.66. The highest BCUT2D eigenvalue weighted by atomic mass is 127. The minimum atomic E-state index is 0.588. The van der Waals surface area contributed by atoms with Gasteiger partial charge in [-0.25, -0.2) is 4.99 Å². The summed E-state index contributed by atoms with van der Waals surface area (Å²) < 4.78 is 1.06.